The Hall–Kier alpha value is -1.31. The molecule has 2 heteroatoms. The highest BCUT2D eigenvalue weighted by Crippen LogP contribution is 2.18. The largest absolute Gasteiger partial charge is 0.388 e. The Kier molecular flexibility index (Phi) is 2.48. The van der Waals surface area contributed by atoms with E-state index in [0.29, 0.717) is 5.71 Å². The van der Waals surface area contributed by atoms with E-state index in [2.05, 4.69) is 5.32 Å². The van der Waals surface area contributed by atoms with E-state index in [-0.39, 0.29) is 0 Å². The summed E-state index contributed by atoms with van der Waals surface area (Å²) in [5.74, 6) is 0. The molecule has 2 N–H and O–H groups in total. The van der Waals surface area contributed by atoms with Gasteiger partial charge in [-0.05, 0) is 31.0 Å². The molecule has 0 bridgehead atoms. The first-order valence-corrected chi connectivity index (χ1v) is 3.99. The summed E-state index contributed by atoms with van der Waals surface area (Å²) < 4.78 is 0. The predicted octanol–water partition coefficient (Wildman–Crippen LogP) is 2.42. The molecule has 0 aliphatic rings. The number of nitrogens with one attached hydrogen (secondary N) is 2. The maximum atomic E-state index is 7.52. The van der Waals surface area contributed by atoms with E-state index in [1.807, 2.05) is 39.1 Å². The summed E-state index contributed by atoms with van der Waals surface area (Å²) in [7, 11) is 1.89. The zero-order valence-electron chi connectivity index (χ0n) is 7.73. The standard InChI is InChI=1S/C10H14N2/c1-7-9(8(2)11)5-4-6-10(7)12-3/h4-6,11-12H,1-3H3. The highest BCUT2D eigenvalue weighted by Gasteiger charge is 2.02. The van der Waals surface area contributed by atoms with Gasteiger partial charge in [-0.25, -0.2) is 0 Å². The van der Waals surface area contributed by atoms with Gasteiger partial charge in [0.1, 0.15) is 0 Å². The summed E-state index contributed by atoms with van der Waals surface area (Å²) in [6.07, 6.45) is 0. The van der Waals surface area contributed by atoms with E-state index >= 15 is 0 Å². The predicted molar refractivity (Wildman–Crippen MR) is 53.2 cm³/mol. The van der Waals surface area contributed by atoms with Gasteiger partial charge in [-0.15, -0.1) is 0 Å². The smallest absolute Gasteiger partial charge is 0.0373 e. The summed E-state index contributed by atoms with van der Waals surface area (Å²) in [6.45, 7) is 3.83. The first-order valence-electron chi connectivity index (χ1n) is 3.99. The van der Waals surface area contributed by atoms with Crippen molar-refractivity contribution in [1.29, 1.82) is 5.41 Å². The fraction of sp³-hybridized carbons (Fsp3) is 0.300. The zero-order valence-corrected chi connectivity index (χ0v) is 7.73. The van der Waals surface area contributed by atoms with Crippen LogP contribution in [-0.4, -0.2) is 12.8 Å². The van der Waals surface area contributed by atoms with Crippen molar-refractivity contribution in [2.45, 2.75) is 13.8 Å². The van der Waals surface area contributed by atoms with Crippen molar-refractivity contribution in [3.8, 4) is 0 Å². The van der Waals surface area contributed by atoms with Crippen molar-refractivity contribution in [2.24, 2.45) is 0 Å². The molecule has 1 rings (SSSR count). The third kappa shape index (κ3) is 1.47. The second-order valence-electron chi connectivity index (χ2n) is 2.85. The van der Waals surface area contributed by atoms with Gasteiger partial charge in [-0.1, -0.05) is 12.1 Å². The van der Waals surface area contributed by atoms with Gasteiger partial charge in [0.2, 0.25) is 0 Å². The van der Waals surface area contributed by atoms with Gasteiger partial charge in [0.25, 0.3) is 0 Å². The average molecular weight is 162 g/mol. The first kappa shape index (κ1) is 8.78. The van der Waals surface area contributed by atoms with Gasteiger partial charge in [-0.3, -0.25) is 0 Å². The van der Waals surface area contributed by atoms with Crippen LogP contribution in [0.25, 0.3) is 0 Å². The number of hydrogen-bond acceptors (Lipinski definition) is 2. The third-order valence-electron chi connectivity index (χ3n) is 2.01. The van der Waals surface area contributed by atoms with Gasteiger partial charge in [0, 0.05) is 18.4 Å². The summed E-state index contributed by atoms with van der Waals surface area (Å²) >= 11 is 0. The zero-order chi connectivity index (χ0) is 9.14. The number of benzene rings is 1. The Bertz CT molecular complexity index is 303. The highest BCUT2D eigenvalue weighted by atomic mass is 14.8. The molecular weight excluding hydrogens is 148 g/mol. The van der Waals surface area contributed by atoms with Crippen LogP contribution in [-0.2, 0) is 0 Å². The lowest BCUT2D eigenvalue weighted by atomic mass is 10.0. The van der Waals surface area contributed by atoms with Gasteiger partial charge in [0.05, 0.1) is 0 Å². The van der Waals surface area contributed by atoms with Crippen LogP contribution in [0.2, 0.25) is 0 Å². The van der Waals surface area contributed by atoms with E-state index < -0.39 is 0 Å². The van der Waals surface area contributed by atoms with Gasteiger partial charge < -0.3 is 10.7 Å². The lowest BCUT2D eigenvalue weighted by molar-refractivity contribution is 1.36. The summed E-state index contributed by atoms with van der Waals surface area (Å²) in [5, 5.41) is 10.6. The van der Waals surface area contributed by atoms with Crippen molar-refractivity contribution in [3.05, 3.63) is 29.3 Å². The summed E-state index contributed by atoms with van der Waals surface area (Å²) in [5.41, 5.74) is 3.87. The van der Waals surface area contributed by atoms with Gasteiger partial charge >= 0.3 is 0 Å². The van der Waals surface area contributed by atoms with Gasteiger partial charge in [-0.2, -0.15) is 0 Å². The molecule has 0 spiro atoms. The molecule has 0 amide bonds. The Morgan fingerprint density at radius 3 is 2.58 bits per heavy atom. The number of hydrogen-bond donors (Lipinski definition) is 2. The van der Waals surface area contributed by atoms with E-state index in [9.17, 15) is 0 Å². The van der Waals surface area contributed by atoms with Crippen molar-refractivity contribution in [3.63, 3.8) is 0 Å². The molecule has 0 saturated heterocycles. The maximum Gasteiger partial charge on any atom is 0.0373 e. The minimum Gasteiger partial charge on any atom is -0.388 e. The Balaban J connectivity index is 3.23. The van der Waals surface area contributed by atoms with Crippen molar-refractivity contribution in [1.82, 2.24) is 0 Å². The molecular formula is C10H14N2. The summed E-state index contributed by atoms with van der Waals surface area (Å²) in [4.78, 5) is 0. The third-order valence-corrected chi connectivity index (χ3v) is 2.01. The van der Waals surface area contributed by atoms with E-state index in [1.165, 1.54) is 0 Å². The van der Waals surface area contributed by atoms with Crippen LogP contribution in [0.5, 0.6) is 0 Å². The normalized spacial score (nSPS) is 9.58. The molecule has 1 aromatic carbocycles. The van der Waals surface area contributed by atoms with Crippen molar-refractivity contribution < 1.29 is 0 Å². The van der Waals surface area contributed by atoms with Gasteiger partial charge in [0.15, 0.2) is 0 Å². The lowest BCUT2D eigenvalue weighted by Gasteiger charge is -2.09. The molecule has 0 unspecified atom stereocenters. The summed E-state index contributed by atoms with van der Waals surface area (Å²) in [6, 6.07) is 5.95. The lowest BCUT2D eigenvalue weighted by Crippen LogP contribution is -1.99. The number of anilines is 1. The fourth-order valence-corrected chi connectivity index (χ4v) is 1.31. The van der Waals surface area contributed by atoms with E-state index in [4.69, 9.17) is 5.41 Å². The quantitative estimate of drug-likeness (QED) is 0.644. The molecule has 0 atom stereocenters. The molecule has 12 heavy (non-hydrogen) atoms. The average Bonchev–Trinajstić information content (AvgIpc) is 2.04. The van der Waals surface area contributed by atoms with Crippen LogP contribution in [0.15, 0.2) is 18.2 Å². The van der Waals surface area contributed by atoms with Crippen LogP contribution < -0.4 is 5.32 Å². The molecule has 2 nitrogen and oxygen atoms in total. The highest BCUT2D eigenvalue weighted by molar-refractivity contribution is 5.98. The maximum absolute atomic E-state index is 7.52. The molecule has 64 valence electrons. The molecule has 0 heterocycles. The SMILES string of the molecule is CNc1cccc(C(C)=N)c1C. The van der Waals surface area contributed by atoms with Crippen LogP contribution in [0, 0.1) is 12.3 Å². The molecule has 0 aliphatic heterocycles. The van der Waals surface area contributed by atoms with Crippen LogP contribution in [0.3, 0.4) is 0 Å². The minimum atomic E-state index is 0.615. The monoisotopic (exact) mass is 162 g/mol. The molecule has 0 saturated carbocycles. The molecule has 0 fully saturated rings. The van der Waals surface area contributed by atoms with Crippen LogP contribution >= 0.6 is 0 Å². The van der Waals surface area contributed by atoms with Crippen molar-refractivity contribution in [2.75, 3.05) is 12.4 Å². The van der Waals surface area contributed by atoms with Crippen molar-refractivity contribution >= 4 is 11.4 Å². The van der Waals surface area contributed by atoms with Crippen LogP contribution in [0.4, 0.5) is 5.69 Å². The molecule has 0 aliphatic carbocycles. The second kappa shape index (κ2) is 3.39. The second-order valence-corrected chi connectivity index (χ2v) is 2.85. The van der Waals surface area contributed by atoms with E-state index in [0.717, 1.165) is 16.8 Å². The molecule has 0 radical (unpaired) electrons. The van der Waals surface area contributed by atoms with Crippen LogP contribution in [0.1, 0.15) is 18.1 Å². The molecule has 1 aromatic rings. The number of rotatable bonds is 2. The fourth-order valence-electron chi connectivity index (χ4n) is 1.31. The Morgan fingerprint density at radius 1 is 1.42 bits per heavy atom. The van der Waals surface area contributed by atoms with E-state index in [1.54, 1.807) is 0 Å². The molecule has 0 aromatic heterocycles. The minimum absolute atomic E-state index is 0.615. The topological polar surface area (TPSA) is 35.9 Å². The first-order chi connectivity index (χ1) is 5.66. The Morgan fingerprint density at radius 2 is 2.08 bits per heavy atom. The Labute approximate surface area is 73.1 Å².